The number of aromatic nitrogens is 1. The lowest BCUT2D eigenvalue weighted by molar-refractivity contribution is 0.171. The van der Waals surface area contributed by atoms with Gasteiger partial charge in [-0.1, -0.05) is 24.3 Å². The molecule has 0 saturated heterocycles. The summed E-state index contributed by atoms with van der Waals surface area (Å²) in [6.07, 6.45) is 3.66. The van der Waals surface area contributed by atoms with Crippen molar-refractivity contribution in [3.8, 4) is 17.2 Å². The Bertz CT molecular complexity index is 873. The van der Waals surface area contributed by atoms with Crippen molar-refractivity contribution in [1.82, 2.24) is 10.3 Å². The molecule has 5 nitrogen and oxygen atoms in total. The van der Waals surface area contributed by atoms with Gasteiger partial charge in [0.1, 0.15) is 25.6 Å². The molecule has 1 aliphatic heterocycles. The maximum Gasteiger partial charge on any atom is 0.161 e. The number of hydrogen-bond acceptors (Lipinski definition) is 5. The van der Waals surface area contributed by atoms with Gasteiger partial charge in [-0.2, -0.15) is 0 Å². The number of nitrogens with one attached hydrogen (secondary N) is 1. The highest BCUT2D eigenvalue weighted by Gasteiger charge is 2.11. The molecular formula is C22H23ClN2O3. The summed E-state index contributed by atoms with van der Waals surface area (Å²) in [5.41, 5.74) is 3.45. The van der Waals surface area contributed by atoms with Gasteiger partial charge in [0.15, 0.2) is 11.5 Å². The number of rotatable bonds is 7. The highest BCUT2D eigenvalue weighted by molar-refractivity contribution is 5.85. The molecule has 0 spiro atoms. The van der Waals surface area contributed by atoms with Gasteiger partial charge in [0.05, 0.1) is 0 Å². The lowest BCUT2D eigenvalue weighted by Gasteiger charge is -2.19. The maximum absolute atomic E-state index is 5.89. The fraction of sp³-hybridized carbons (Fsp3) is 0.227. The summed E-state index contributed by atoms with van der Waals surface area (Å²) >= 11 is 0. The van der Waals surface area contributed by atoms with Crippen molar-refractivity contribution in [2.24, 2.45) is 0 Å². The molecule has 0 saturated carbocycles. The molecule has 0 amide bonds. The predicted molar refractivity (Wildman–Crippen MR) is 110 cm³/mol. The summed E-state index contributed by atoms with van der Waals surface area (Å²) in [4.78, 5) is 4.12. The fourth-order valence-corrected chi connectivity index (χ4v) is 2.90. The minimum absolute atomic E-state index is 0. The van der Waals surface area contributed by atoms with Crippen LogP contribution in [0.15, 0.2) is 67.0 Å². The Morgan fingerprint density at radius 3 is 2.39 bits per heavy atom. The van der Waals surface area contributed by atoms with Gasteiger partial charge in [-0.3, -0.25) is 4.98 Å². The second kappa shape index (κ2) is 9.97. The zero-order chi connectivity index (χ0) is 18.3. The van der Waals surface area contributed by atoms with Gasteiger partial charge in [-0.15, -0.1) is 12.4 Å². The Morgan fingerprint density at radius 1 is 0.857 bits per heavy atom. The Labute approximate surface area is 171 Å². The van der Waals surface area contributed by atoms with Gasteiger partial charge in [0.25, 0.3) is 0 Å². The van der Waals surface area contributed by atoms with E-state index in [4.69, 9.17) is 14.2 Å². The topological polar surface area (TPSA) is 52.6 Å². The number of halogens is 1. The highest BCUT2D eigenvalue weighted by Crippen LogP contribution is 2.31. The van der Waals surface area contributed by atoms with Gasteiger partial charge in [0, 0.05) is 25.5 Å². The summed E-state index contributed by atoms with van der Waals surface area (Å²) in [5.74, 6) is 2.44. The van der Waals surface area contributed by atoms with Gasteiger partial charge >= 0.3 is 0 Å². The average molecular weight is 399 g/mol. The zero-order valence-corrected chi connectivity index (χ0v) is 16.3. The molecule has 28 heavy (non-hydrogen) atoms. The number of fused-ring (bicyclic) bond motifs is 1. The molecule has 4 rings (SSSR count). The first-order valence-electron chi connectivity index (χ1n) is 9.07. The number of pyridine rings is 1. The molecule has 2 aromatic carbocycles. The van der Waals surface area contributed by atoms with E-state index in [1.54, 1.807) is 6.20 Å². The molecule has 1 N–H and O–H groups in total. The monoisotopic (exact) mass is 398 g/mol. The van der Waals surface area contributed by atoms with Crippen LogP contribution >= 0.6 is 12.4 Å². The second-order valence-corrected chi connectivity index (χ2v) is 6.38. The highest BCUT2D eigenvalue weighted by atomic mass is 35.5. The summed E-state index contributed by atoms with van der Waals surface area (Å²) in [5, 5.41) is 3.42. The Balaban J connectivity index is 0.00000225. The lowest BCUT2D eigenvalue weighted by Crippen LogP contribution is -2.15. The van der Waals surface area contributed by atoms with E-state index in [1.807, 2.05) is 42.6 Å². The van der Waals surface area contributed by atoms with Crippen LogP contribution in [0.4, 0.5) is 0 Å². The maximum atomic E-state index is 5.89. The number of benzene rings is 2. The van der Waals surface area contributed by atoms with E-state index in [0.717, 1.165) is 35.9 Å². The molecule has 0 atom stereocenters. The van der Waals surface area contributed by atoms with Crippen molar-refractivity contribution < 1.29 is 14.2 Å². The van der Waals surface area contributed by atoms with Crippen molar-refractivity contribution in [3.63, 3.8) is 0 Å². The van der Waals surface area contributed by atoms with Crippen LogP contribution < -0.4 is 19.5 Å². The van der Waals surface area contributed by atoms with Gasteiger partial charge < -0.3 is 19.5 Å². The summed E-state index contributed by atoms with van der Waals surface area (Å²) in [6, 6.07) is 18.1. The standard InChI is InChI=1S/C22H22N2O3.ClH/c1-2-19(14-23-9-1)15-24-13-17-3-6-20(7-4-17)27-16-18-5-8-21-22(12-18)26-11-10-25-21;/h1-9,12,14,24H,10-11,13,15-16H2;1H. The van der Waals surface area contributed by atoms with E-state index in [9.17, 15) is 0 Å². The van der Waals surface area contributed by atoms with Crippen LogP contribution in [0.1, 0.15) is 16.7 Å². The van der Waals surface area contributed by atoms with Crippen molar-refractivity contribution in [1.29, 1.82) is 0 Å². The average Bonchev–Trinajstić information content (AvgIpc) is 2.74. The first kappa shape index (κ1) is 20.0. The largest absolute Gasteiger partial charge is 0.489 e. The van der Waals surface area contributed by atoms with E-state index in [-0.39, 0.29) is 12.4 Å². The van der Waals surface area contributed by atoms with Gasteiger partial charge in [-0.25, -0.2) is 0 Å². The molecule has 0 radical (unpaired) electrons. The number of hydrogen-bond donors (Lipinski definition) is 1. The van der Waals surface area contributed by atoms with Crippen molar-refractivity contribution in [2.45, 2.75) is 19.7 Å². The molecule has 146 valence electrons. The molecule has 1 aromatic heterocycles. The first-order chi connectivity index (χ1) is 13.4. The van der Waals surface area contributed by atoms with E-state index in [1.165, 1.54) is 11.1 Å². The SMILES string of the molecule is Cl.c1cncc(CNCc2ccc(OCc3ccc4c(c3)OCCO4)cc2)c1. The van der Waals surface area contributed by atoms with Gasteiger partial charge in [-0.05, 0) is 47.0 Å². The molecule has 6 heteroatoms. The smallest absolute Gasteiger partial charge is 0.161 e. The first-order valence-corrected chi connectivity index (χ1v) is 9.07. The molecule has 1 aliphatic rings. The van der Waals surface area contributed by atoms with Crippen LogP contribution in [-0.4, -0.2) is 18.2 Å². The van der Waals surface area contributed by atoms with Crippen LogP contribution in [0.25, 0.3) is 0 Å². The van der Waals surface area contributed by atoms with E-state index in [2.05, 4.69) is 28.5 Å². The minimum Gasteiger partial charge on any atom is -0.489 e. The summed E-state index contributed by atoms with van der Waals surface area (Å²) in [6.45, 7) is 3.29. The van der Waals surface area contributed by atoms with E-state index < -0.39 is 0 Å². The van der Waals surface area contributed by atoms with E-state index in [0.29, 0.717) is 19.8 Å². The van der Waals surface area contributed by atoms with Crippen LogP contribution in [0.2, 0.25) is 0 Å². The van der Waals surface area contributed by atoms with Crippen molar-refractivity contribution >= 4 is 12.4 Å². The fourth-order valence-electron chi connectivity index (χ4n) is 2.90. The summed E-state index contributed by atoms with van der Waals surface area (Å²) in [7, 11) is 0. The van der Waals surface area contributed by atoms with Crippen molar-refractivity contribution in [2.75, 3.05) is 13.2 Å². The van der Waals surface area contributed by atoms with Crippen LogP contribution in [0.3, 0.4) is 0 Å². The Kier molecular flexibility index (Phi) is 7.12. The Hall–Kier alpha value is -2.76. The summed E-state index contributed by atoms with van der Waals surface area (Å²) < 4.78 is 17.0. The molecule has 0 aliphatic carbocycles. The van der Waals surface area contributed by atoms with Crippen LogP contribution in [0, 0.1) is 0 Å². The third-order valence-corrected chi connectivity index (χ3v) is 4.32. The van der Waals surface area contributed by atoms with Crippen LogP contribution in [0.5, 0.6) is 17.2 Å². The molecule has 0 unspecified atom stereocenters. The molecule has 0 fully saturated rings. The van der Waals surface area contributed by atoms with Crippen LogP contribution in [-0.2, 0) is 19.7 Å². The van der Waals surface area contributed by atoms with Gasteiger partial charge in [0.2, 0.25) is 0 Å². The molecule has 3 aromatic rings. The predicted octanol–water partition coefficient (Wildman–Crippen LogP) is 4.14. The quantitative estimate of drug-likeness (QED) is 0.648. The molecule has 2 heterocycles. The normalized spacial score (nSPS) is 12.1. The lowest BCUT2D eigenvalue weighted by atomic mass is 10.2. The van der Waals surface area contributed by atoms with Crippen molar-refractivity contribution in [3.05, 3.63) is 83.7 Å². The zero-order valence-electron chi connectivity index (χ0n) is 15.5. The van der Waals surface area contributed by atoms with E-state index >= 15 is 0 Å². The third kappa shape index (κ3) is 5.38. The molecule has 0 bridgehead atoms. The second-order valence-electron chi connectivity index (χ2n) is 6.38. The third-order valence-electron chi connectivity index (χ3n) is 4.32. The number of nitrogens with zero attached hydrogens (tertiary/aromatic N) is 1. The number of ether oxygens (including phenoxy) is 3. The minimum atomic E-state index is 0. The Morgan fingerprint density at radius 2 is 1.61 bits per heavy atom. The molecular weight excluding hydrogens is 376 g/mol.